The maximum Gasteiger partial charge on any atom is 0.138 e. The summed E-state index contributed by atoms with van der Waals surface area (Å²) in [6.07, 6.45) is 3.11. The Morgan fingerprint density at radius 3 is 2.80 bits per heavy atom. The predicted octanol–water partition coefficient (Wildman–Crippen LogP) is 1.66. The van der Waals surface area contributed by atoms with Gasteiger partial charge in [-0.15, -0.1) is 0 Å². The summed E-state index contributed by atoms with van der Waals surface area (Å²) in [5, 5.41) is 4.03. The van der Waals surface area contributed by atoms with E-state index in [9.17, 15) is 0 Å². The van der Waals surface area contributed by atoms with Crippen molar-refractivity contribution in [1.82, 2.24) is 14.8 Å². The van der Waals surface area contributed by atoms with Crippen LogP contribution in [-0.4, -0.2) is 19.8 Å². The van der Waals surface area contributed by atoms with Crippen molar-refractivity contribution in [3.05, 3.63) is 40.9 Å². The molecule has 0 aliphatic carbocycles. The highest BCUT2D eigenvalue weighted by molar-refractivity contribution is 9.10. The van der Waals surface area contributed by atoms with Crippen molar-refractivity contribution in [2.75, 3.05) is 0 Å². The van der Waals surface area contributed by atoms with E-state index >= 15 is 0 Å². The van der Waals surface area contributed by atoms with Crippen LogP contribution in [0.4, 0.5) is 0 Å². The van der Waals surface area contributed by atoms with Crippen LogP contribution >= 0.6 is 28.1 Å². The van der Waals surface area contributed by atoms with Gasteiger partial charge in [0.1, 0.15) is 17.6 Å². The summed E-state index contributed by atoms with van der Waals surface area (Å²) in [6.45, 7) is 0. The minimum atomic E-state index is 0.376. The van der Waals surface area contributed by atoms with Gasteiger partial charge in [0.15, 0.2) is 0 Å². The Balaban J connectivity index is 2.48. The molecule has 0 amide bonds. The molecule has 0 saturated heterocycles. The molecule has 0 atom stereocenters. The molecule has 0 radical (unpaired) electrons. The molecule has 0 saturated carbocycles. The molecule has 6 heteroatoms. The molecule has 1 aromatic heterocycles. The van der Waals surface area contributed by atoms with Gasteiger partial charge in [0.2, 0.25) is 0 Å². The van der Waals surface area contributed by atoms with Crippen LogP contribution in [0.3, 0.4) is 0 Å². The lowest BCUT2D eigenvalue weighted by Gasteiger charge is -2.05. The van der Waals surface area contributed by atoms with E-state index in [1.165, 1.54) is 6.33 Å². The first kappa shape index (κ1) is 10.3. The third-order valence-electron chi connectivity index (χ3n) is 1.90. The first-order valence-electron chi connectivity index (χ1n) is 4.13. The first-order valence-corrected chi connectivity index (χ1v) is 5.33. The normalized spacial score (nSPS) is 10.2. The highest BCUT2D eigenvalue weighted by atomic mass is 79.9. The Bertz CT molecular complexity index is 495. The Kier molecular flexibility index (Phi) is 2.79. The van der Waals surface area contributed by atoms with Crippen molar-refractivity contribution in [1.29, 1.82) is 0 Å². The molecule has 1 heterocycles. The Hall–Kier alpha value is -1.27. The van der Waals surface area contributed by atoms with E-state index in [2.05, 4.69) is 26.0 Å². The van der Waals surface area contributed by atoms with Crippen molar-refractivity contribution >= 4 is 33.1 Å². The summed E-state index contributed by atoms with van der Waals surface area (Å²) in [5.74, 6) is 0. The van der Waals surface area contributed by atoms with Crippen LogP contribution in [0.25, 0.3) is 5.69 Å². The molecule has 0 spiro atoms. The van der Waals surface area contributed by atoms with Crippen LogP contribution < -0.4 is 5.73 Å². The Morgan fingerprint density at radius 2 is 2.27 bits per heavy atom. The van der Waals surface area contributed by atoms with Crippen molar-refractivity contribution in [3.8, 4) is 5.69 Å². The lowest BCUT2D eigenvalue weighted by atomic mass is 10.2. The van der Waals surface area contributed by atoms with Crippen molar-refractivity contribution in [2.24, 2.45) is 5.73 Å². The number of rotatable bonds is 2. The smallest absolute Gasteiger partial charge is 0.138 e. The van der Waals surface area contributed by atoms with Gasteiger partial charge in [0.05, 0.1) is 5.69 Å². The number of aromatic nitrogens is 3. The summed E-state index contributed by atoms with van der Waals surface area (Å²) in [5.41, 5.74) is 7.24. The molecular weight excluding hydrogens is 276 g/mol. The fourth-order valence-corrected chi connectivity index (χ4v) is 1.87. The van der Waals surface area contributed by atoms with E-state index in [0.29, 0.717) is 4.99 Å². The average molecular weight is 283 g/mol. The van der Waals surface area contributed by atoms with Gasteiger partial charge in [-0.3, -0.25) is 0 Å². The quantitative estimate of drug-likeness (QED) is 0.852. The molecule has 76 valence electrons. The third kappa shape index (κ3) is 2.05. The standard InChI is InChI=1S/C9H7BrN4S/c10-7-3-6(9(11)15)1-2-8(7)14-5-12-4-13-14/h1-5H,(H2,11,15). The van der Waals surface area contributed by atoms with Crippen molar-refractivity contribution in [3.63, 3.8) is 0 Å². The molecular formula is C9H7BrN4S. The minimum Gasteiger partial charge on any atom is -0.389 e. The topological polar surface area (TPSA) is 56.7 Å². The molecule has 0 aliphatic heterocycles. The van der Waals surface area contributed by atoms with Crippen LogP contribution in [0.15, 0.2) is 35.3 Å². The molecule has 0 aliphatic rings. The van der Waals surface area contributed by atoms with Crippen molar-refractivity contribution < 1.29 is 0 Å². The summed E-state index contributed by atoms with van der Waals surface area (Å²) >= 11 is 8.32. The number of halogens is 1. The van der Waals surface area contributed by atoms with Crippen LogP contribution in [-0.2, 0) is 0 Å². The number of hydrogen-bond donors (Lipinski definition) is 1. The van der Waals surface area contributed by atoms with E-state index < -0.39 is 0 Å². The third-order valence-corrected chi connectivity index (χ3v) is 2.77. The van der Waals surface area contributed by atoms with Gasteiger partial charge < -0.3 is 5.73 Å². The largest absolute Gasteiger partial charge is 0.389 e. The second-order valence-corrected chi connectivity index (χ2v) is 4.16. The molecule has 4 nitrogen and oxygen atoms in total. The van der Waals surface area contributed by atoms with E-state index in [-0.39, 0.29) is 0 Å². The fraction of sp³-hybridized carbons (Fsp3) is 0. The zero-order valence-corrected chi connectivity index (χ0v) is 9.99. The van der Waals surface area contributed by atoms with E-state index in [4.69, 9.17) is 18.0 Å². The summed E-state index contributed by atoms with van der Waals surface area (Å²) in [6, 6.07) is 5.59. The highest BCUT2D eigenvalue weighted by Crippen LogP contribution is 2.21. The number of thiocarbonyl (C=S) groups is 1. The van der Waals surface area contributed by atoms with Crippen LogP contribution in [0, 0.1) is 0 Å². The van der Waals surface area contributed by atoms with Gasteiger partial charge >= 0.3 is 0 Å². The first-order chi connectivity index (χ1) is 7.18. The van der Waals surface area contributed by atoms with E-state index in [1.54, 1.807) is 11.0 Å². The highest BCUT2D eigenvalue weighted by Gasteiger charge is 2.05. The number of benzene rings is 1. The fourth-order valence-electron chi connectivity index (χ4n) is 1.18. The molecule has 0 fully saturated rings. The lowest BCUT2D eigenvalue weighted by molar-refractivity contribution is 0.874. The molecule has 2 aromatic rings. The van der Waals surface area contributed by atoms with Gasteiger partial charge in [0.25, 0.3) is 0 Å². The zero-order chi connectivity index (χ0) is 10.8. The minimum absolute atomic E-state index is 0.376. The number of hydrogen-bond acceptors (Lipinski definition) is 3. The molecule has 1 aromatic carbocycles. The Labute approximate surface area is 100 Å². The maximum absolute atomic E-state index is 5.53. The zero-order valence-electron chi connectivity index (χ0n) is 7.59. The number of nitrogens with two attached hydrogens (primary N) is 1. The predicted molar refractivity (Wildman–Crippen MR) is 64.9 cm³/mol. The average Bonchev–Trinajstić information content (AvgIpc) is 2.70. The van der Waals surface area contributed by atoms with Crippen LogP contribution in [0.5, 0.6) is 0 Å². The van der Waals surface area contributed by atoms with Crippen LogP contribution in [0.2, 0.25) is 0 Å². The molecule has 15 heavy (non-hydrogen) atoms. The van der Waals surface area contributed by atoms with Crippen molar-refractivity contribution in [2.45, 2.75) is 0 Å². The lowest BCUT2D eigenvalue weighted by Crippen LogP contribution is -2.09. The summed E-state index contributed by atoms with van der Waals surface area (Å²) in [4.78, 5) is 4.25. The monoisotopic (exact) mass is 282 g/mol. The van der Waals surface area contributed by atoms with Gasteiger partial charge in [0, 0.05) is 10.0 Å². The molecule has 0 bridgehead atoms. The van der Waals surface area contributed by atoms with Gasteiger partial charge in [-0.05, 0) is 34.1 Å². The summed E-state index contributed by atoms with van der Waals surface area (Å²) < 4.78 is 2.53. The second kappa shape index (κ2) is 4.08. The van der Waals surface area contributed by atoms with Gasteiger partial charge in [-0.1, -0.05) is 12.2 Å². The second-order valence-electron chi connectivity index (χ2n) is 2.87. The molecule has 0 unspecified atom stereocenters. The summed E-state index contributed by atoms with van der Waals surface area (Å²) in [7, 11) is 0. The number of nitrogens with zero attached hydrogens (tertiary/aromatic N) is 3. The van der Waals surface area contributed by atoms with Gasteiger partial charge in [-0.25, -0.2) is 9.67 Å². The SMILES string of the molecule is NC(=S)c1ccc(-n2cncn2)c(Br)c1. The molecule has 2 N–H and O–H groups in total. The maximum atomic E-state index is 5.53. The van der Waals surface area contributed by atoms with Crippen LogP contribution in [0.1, 0.15) is 5.56 Å². The van der Waals surface area contributed by atoms with E-state index in [1.807, 2.05) is 18.2 Å². The van der Waals surface area contributed by atoms with E-state index in [0.717, 1.165) is 15.7 Å². The van der Waals surface area contributed by atoms with Gasteiger partial charge in [-0.2, -0.15) is 5.10 Å². The Morgan fingerprint density at radius 1 is 1.47 bits per heavy atom. The molecule has 2 rings (SSSR count).